The van der Waals surface area contributed by atoms with Gasteiger partial charge in [0.15, 0.2) is 5.82 Å². The van der Waals surface area contributed by atoms with Crippen LogP contribution in [0.3, 0.4) is 0 Å². The SMILES string of the molecule is C[Si](C)Oc1c(C(C)(C)C)ccc2[nH]c(C(F)F)nc12. The van der Waals surface area contributed by atoms with Gasteiger partial charge in [-0.25, -0.2) is 13.8 Å². The molecule has 1 radical (unpaired) electrons. The highest BCUT2D eigenvalue weighted by Crippen LogP contribution is 2.37. The fourth-order valence-electron chi connectivity index (χ4n) is 2.07. The van der Waals surface area contributed by atoms with Crippen LogP contribution in [0.5, 0.6) is 5.75 Å². The topological polar surface area (TPSA) is 37.9 Å². The molecule has 2 aromatic rings. The summed E-state index contributed by atoms with van der Waals surface area (Å²) in [6, 6.07) is 3.72. The lowest BCUT2D eigenvalue weighted by molar-refractivity contribution is 0.142. The third kappa shape index (κ3) is 2.84. The van der Waals surface area contributed by atoms with Gasteiger partial charge in [-0.15, -0.1) is 0 Å². The zero-order valence-electron chi connectivity index (χ0n) is 12.3. The summed E-state index contributed by atoms with van der Waals surface area (Å²) in [6.45, 7) is 10.2. The fraction of sp³-hybridized carbons (Fsp3) is 0.500. The number of nitrogens with zero attached hydrogens (tertiary/aromatic N) is 1. The van der Waals surface area contributed by atoms with E-state index in [2.05, 4.69) is 30.7 Å². The van der Waals surface area contributed by atoms with Crippen molar-refractivity contribution < 1.29 is 13.2 Å². The molecule has 2 rings (SSSR count). The molecule has 109 valence electrons. The number of aromatic nitrogens is 2. The Morgan fingerprint density at radius 2 is 1.90 bits per heavy atom. The van der Waals surface area contributed by atoms with Crippen molar-refractivity contribution in [2.75, 3.05) is 0 Å². The first-order valence-electron chi connectivity index (χ1n) is 6.49. The minimum Gasteiger partial charge on any atom is -0.541 e. The molecule has 0 bridgehead atoms. The van der Waals surface area contributed by atoms with Gasteiger partial charge in [0.25, 0.3) is 15.5 Å². The number of H-pyrrole nitrogens is 1. The molecule has 0 saturated heterocycles. The van der Waals surface area contributed by atoms with E-state index in [4.69, 9.17) is 4.43 Å². The van der Waals surface area contributed by atoms with Crippen molar-refractivity contribution in [1.29, 1.82) is 0 Å². The Hall–Kier alpha value is -1.43. The van der Waals surface area contributed by atoms with Gasteiger partial charge in [-0.05, 0) is 24.6 Å². The quantitative estimate of drug-likeness (QED) is 0.851. The third-order valence-corrected chi connectivity index (χ3v) is 3.56. The van der Waals surface area contributed by atoms with E-state index >= 15 is 0 Å². The molecular formula is C14H19F2N2OSi. The lowest BCUT2D eigenvalue weighted by atomic mass is 9.86. The van der Waals surface area contributed by atoms with Crippen LogP contribution in [0, 0.1) is 0 Å². The smallest absolute Gasteiger partial charge is 0.295 e. The summed E-state index contributed by atoms with van der Waals surface area (Å²) in [5.74, 6) is 0.328. The van der Waals surface area contributed by atoms with Gasteiger partial charge in [0.1, 0.15) is 11.3 Å². The first-order chi connectivity index (χ1) is 9.20. The minimum absolute atomic E-state index is 0.134. The van der Waals surface area contributed by atoms with E-state index in [1.54, 1.807) is 6.07 Å². The maximum absolute atomic E-state index is 12.8. The number of fused-ring (bicyclic) bond motifs is 1. The molecule has 0 fully saturated rings. The number of alkyl halides is 2. The molecule has 1 N–H and O–H groups in total. The van der Waals surface area contributed by atoms with Gasteiger partial charge in [-0.3, -0.25) is 0 Å². The maximum Gasteiger partial charge on any atom is 0.295 e. The highest BCUT2D eigenvalue weighted by molar-refractivity contribution is 6.49. The molecule has 0 aliphatic heterocycles. The predicted molar refractivity (Wildman–Crippen MR) is 77.9 cm³/mol. The van der Waals surface area contributed by atoms with Crippen LogP contribution in [-0.4, -0.2) is 19.0 Å². The van der Waals surface area contributed by atoms with Crippen molar-refractivity contribution in [2.24, 2.45) is 0 Å². The number of hydrogen-bond acceptors (Lipinski definition) is 2. The number of imidazole rings is 1. The second-order valence-corrected chi connectivity index (χ2v) is 8.04. The van der Waals surface area contributed by atoms with Gasteiger partial charge in [-0.2, -0.15) is 0 Å². The van der Waals surface area contributed by atoms with Crippen molar-refractivity contribution in [3.8, 4) is 5.75 Å². The highest BCUT2D eigenvalue weighted by atomic mass is 28.3. The molecule has 1 heterocycles. The largest absolute Gasteiger partial charge is 0.541 e. The highest BCUT2D eigenvalue weighted by Gasteiger charge is 2.24. The lowest BCUT2D eigenvalue weighted by Gasteiger charge is -2.24. The van der Waals surface area contributed by atoms with E-state index in [1.807, 2.05) is 19.2 Å². The van der Waals surface area contributed by atoms with Crippen molar-refractivity contribution in [3.05, 3.63) is 23.5 Å². The van der Waals surface area contributed by atoms with E-state index < -0.39 is 15.5 Å². The number of hydrogen-bond donors (Lipinski definition) is 1. The van der Waals surface area contributed by atoms with Crippen LogP contribution >= 0.6 is 0 Å². The second kappa shape index (κ2) is 5.16. The first kappa shape index (κ1) is 15.0. The average Bonchev–Trinajstić information content (AvgIpc) is 2.71. The zero-order valence-corrected chi connectivity index (χ0v) is 13.3. The van der Waals surface area contributed by atoms with Crippen LogP contribution in [0.2, 0.25) is 13.1 Å². The molecule has 0 aliphatic carbocycles. The van der Waals surface area contributed by atoms with E-state index in [0.29, 0.717) is 16.8 Å². The fourth-order valence-corrected chi connectivity index (χ4v) is 2.69. The van der Waals surface area contributed by atoms with Crippen molar-refractivity contribution >= 4 is 20.1 Å². The average molecular weight is 297 g/mol. The number of halogens is 2. The van der Waals surface area contributed by atoms with Crippen LogP contribution in [0.15, 0.2) is 12.1 Å². The lowest BCUT2D eigenvalue weighted by Crippen LogP contribution is -2.18. The molecule has 0 saturated carbocycles. The van der Waals surface area contributed by atoms with Crippen LogP contribution in [-0.2, 0) is 5.41 Å². The van der Waals surface area contributed by atoms with Gasteiger partial charge in [0, 0.05) is 5.56 Å². The van der Waals surface area contributed by atoms with Gasteiger partial charge in [-0.1, -0.05) is 26.8 Å². The summed E-state index contributed by atoms with van der Waals surface area (Å²) in [7, 11) is -1.01. The Morgan fingerprint density at radius 1 is 1.25 bits per heavy atom. The molecule has 0 aliphatic rings. The minimum atomic E-state index is -2.61. The summed E-state index contributed by atoms with van der Waals surface area (Å²) in [4.78, 5) is 6.68. The summed E-state index contributed by atoms with van der Waals surface area (Å²) in [6.07, 6.45) is -2.61. The number of rotatable bonds is 3. The Kier molecular flexibility index (Phi) is 3.86. The zero-order chi connectivity index (χ0) is 15.1. The van der Waals surface area contributed by atoms with Crippen molar-refractivity contribution in [1.82, 2.24) is 9.97 Å². The maximum atomic E-state index is 12.8. The van der Waals surface area contributed by atoms with E-state index in [-0.39, 0.29) is 11.2 Å². The Morgan fingerprint density at radius 3 is 2.40 bits per heavy atom. The molecule has 3 nitrogen and oxygen atoms in total. The predicted octanol–water partition coefficient (Wildman–Crippen LogP) is 4.43. The summed E-state index contributed by atoms with van der Waals surface area (Å²) < 4.78 is 31.6. The van der Waals surface area contributed by atoms with E-state index in [9.17, 15) is 8.78 Å². The first-order valence-corrected chi connectivity index (χ1v) is 8.90. The third-order valence-electron chi connectivity index (χ3n) is 2.95. The number of nitrogens with one attached hydrogen (secondary N) is 1. The molecule has 1 aromatic heterocycles. The molecule has 0 spiro atoms. The molecule has 6 heteroatoms. The van der Waals surface area contributed by atoms with E-state index in [0.717, 1.165) is 5.56 Å². The second-order valence-electron chi connectivity index (χ2n) is 6.02. The normalized spacial score (nSPS) is 12.7. The van der Waals surface area contributed by atoms with Gasteiger partial charge < -0.3 is 9.41 Å². The van der Waals surface area contributed by atoms with Crippen molar-refractivity contribution in [3.63, 3.8) is 0 Å². The summed E-state index contributed by atoms with van der Waals surface area (Å²) in [5, 5.41) is 0. The molecule has 20 heavy (non-hydrogen) atoms. The van der Waals surface area contributed by atoms with Gasteiger partial charge in [0.2, 0.25) is 0 Å². The Labute approximate surface area is 119 Å². The summed E-state index contributed by atoms with van der Waals surface area (Å²) in [5.41, 5.74) is 1.94. The standard InChI is InChI=1S/C14H19F2N2OSi/c1-14(2,3)8-6-7-9-10(11(8)19-20(4)5)18-13(17-9)12(15)16/h6-7,12H,1-5H3,(H,17,18). The van der Waals surface area contributed by atoms with Crippen LogP contribution < -0.4 is 4.43 Å². The van der Waals surface area contributed by atoms with Crippen LogP contribution in [0.4, 0.5) is 8.78 Å². The molecule has 1 aromatic carbocycles. The monoisotopic (exact) mass is 297 g/mol. The Balaban J connectivity index is 2.69. The van der Waals surface area contributed by atoms with Crippen LogP contribution in [0.1, 0.15) is 38.6 Å². The Bertz CT molecular complexity index is 617. The molecular weight excluding hydrogens is 278 g/mol. The molecule has 0 unspecified atom stereocenters. The van der Waals surface area contributed by atoms with Crippen LogP contribution in [0.25, 0.3) is 11.0 Å². The summed E-state index contributed by atoms with van der Waals surface area (Å²) >= 11 is 0. The number of benzene rings is 1. The molecule has 0 atom stereocenters. The van der Waals surface area contributed by atoms with Gasteiger partial charge in [0.05, 0.1) is 5.52 Å². The van der Waals surface area contributed by atoms with E-state index in [1.165, 1.54) is 0 Å². The van der Waals surface area contributed by atoms with Gasteiger partial charge >= 0.3 is 0 Å². The molecule has 0 amide bonds. The van der Waals surface area contributed by atoms with Crippen molar-refractivity contribution in [2.45, 2.75) is 45.7 Å². The number of aromatic amines is 1.